The van der Waals surface area contributed by atoms with E-state index in [4.69, 9.17) is 4.74 Å². The van der Waals surface area contributed by atoms with Crippen LogP contribution in [-0.4, -0.2) is 35.7 Å². The predicted molar refractivity (Wildman–Crippen MR) is 67.3 cm³/mol. The molecule has 5 nitrogen and oxygen atoms in total. The summed E-state index contributed by atoms with van der Waals surface area (Å²) in [6, 6.07) is 2.42. The first-order valence-corrected chi connectivity index (χ1v) is 6.31. The van der Waals surface area contributed by atoms with E-state index in [1.807, 2.05) is 6.92 Å². The van der Waals surface area contributed by atoms with Gasteiger partial charge in [0.2, 0.25) is 11.8 Å². The van der Waals surface area contributed by atoms with E-state index in [1.54, 1.807) is 12.3 Å². The lowest BCUT2D eigenvalue weighted by molar-refractivity contribution is 0.326. The Hall–Kier alpha value is -1.36. The van der Waals surface area contributed by atoms with Crippen molar-refractivity contribution in [3.8, 4) is 5.88 Å². The van der Waals surface area contributed by atoms with E-state index in [0.717, 1.165) is 19.5 Å². The molecule has 0 aliphatic carbocycles. The van der Waals surface area contributed by atoms with Crippen LogP contribution in [-0.2, 0) is 0 Å². The van der Waals surface area contributed by atoms with Gasteiger partial charge in [0.15, 0.2) is 0 Å². The third kappa shape index (κ3) is 3.85. The molecule has 2 heterocycles. The fraction of sp³-hybridized carbons (Fsp3) is 0.667. The summed E-state index contributed by atoms with van der Waals surface area (Å²) < 4.78 is 5.32. The fourth-order valence-electron chi connectivity index (χ4n) is 2.02. The lowest BCUT2D eigenvalue weighted by atomic mass is 10.1. The van der Waals surface area contributed by atoms with Gasteiger partial charge >= 0.3 is 0 Å². The molecule has 1 atom stereocenters. The second kappa shape index (κ2) is 6.39. The maximum absolute atomic E-state index is 5.32. The molecule has 1 aliphatic heterocycles. The number of hydrogen-bond donors (Lipinski definition) is 2. The summed E-state index contributed by atoms with van der Waals surface area (Å²) in [4.78, 5) is 8.42. The topological polar surface area (TPSA) is 59.1 Å². The van der Waals surface area contributed by atoms with Crippen LogP contribution in [0.3, 0.4) is 0 Å². The van der Waals surface area contributed by atoms with Crippen molar-refractivity contribution in [3.05, 3.63) is 12.3 Å². The van der Waals surface area contributed by atoms with Crippen LogP contribution >= 0.6 is 0 Å². The van der Waals surface area contributed by atoms with E-state index in [0.29, 0.717) is 24.5 Å². The minimum absolute atomic E-state index is 0.627. The summed E-state index contributed by atoms with van der Waals surface area (Å²) >= 11 is 0. The van der Waals surface area contributed by atoms with Gasteiger partial charge < -0.3 is 15.4 Å². The van der Waals surface area contributed by atoms with Crippen molar-refractivity contribution in [2.45, 2.75) is 32.2 Å². The van der Waals surface area contributed by atoms with Crippen LogP contribution in [0.5, 0.6) is 5.88 Å². The Labute approximate surface area is 102 Å². The maximum atomic E-state index is 5.32. The summed E-state index contributed by atoms with van der Waals surface area (Å²) in [5.74, 6) is 1.28. The molecule has 17 heavy (non-hydrogen) atoms. The summed E-state index contributed by atoms with van der Waals surface area (Å²) in [7, 11) is 0. The first-order valence-electron chi connectivity index (χ1n) is 6.31. The summed E-state index contributed by atoms with van der Waals surface area (Å²) in [6.45, 7) is 4.62. The van der Waals surface area contributed by atoms with E-state index >= 15 is 0 Å². The van der Waals surface area contributed by atoms with Gasteiger partial charge in [-0.3, -0.25) is 0 Å². The first kappa shape index (κ1) is 12.1. The molecule has 1 aromatic heterocycles. The molecule has 94 valence electrons. The zero-order valence-electron chi connectivity index (χ0n) is 10.3. The zero-order valence-corrected chi connectivity index (χ0v) is 10.3. The second-order valence-corrected chi connectivity index (χ2v) is 4.16. The van der Waals surface area contributed by atoms with Crippen LogP contribution in [0.2, 0.25) is 0 Å². The maximum Gasteiger partial charge on any atom is 0.225 e. The quantitative estimate of drug-likeness (QED) is 0.782. The number of nitrogens with one attached hydrogen (secondary N) is 2. The van der Waals surface area contributed by atoms with Crippen molar-refractivity contribution in [2.24, 2.45) is 0 Å². The van der Waals surface area contributed by atoms with Gasteiger partial charge in [0.05, 0.1) is 6.61 Å². The highest BCUT2D eigenvalue weighted by molar-refractivity contribution is 5.27. The fourth-order valence-corrected chi connectivity index (χ4v) is 2.02. The van der Waals surface area contributed by atoms with Gasteiger partial charge in [-0.05, 0) is 32.7 Å². The Bertz CT molecular complexity index is 339. The highest BCUT2D eigenvalue weighted by Crippen LogP contribution is 2.10. The van der Waals surface area contributed by atoms with Crippen molar-refractivity contribution >= 4 is 5.95 Å². The SMILES string of the molecule is CCOc1ccnc(NCC[C@@H]2CCCN2)n1. The second-order valence-electron chi connectivity index (χ2n) is 4.16. The Morgan fingerprint density at radius 2 is 2.53 bits per heavy atom. The van der Waals surface area contributed by atoms with E-state index < -0.39 is 0 Å². The van der Waals surface area contributed by atoms with Crippen LogP contribution in [0.4, 0.5) is 5.95 Å². The van der Waals surface area contributed by atoms with Crippen molar-refractivity contribution in [2.75, 3.05) is 25.0 Å². The highest BCUT2D eigenvalue weighted by Gasteiger charge is 2.13. The van der Waals surface area contributed by atoms with E-state index in [-0.39, 0.29) is 0 Å². The molecular formula is C12H20N4O. The Kier molecular flexibility index (Phi) is 4.55. The molecule has 0 spiro atoms. The van der Waals surface area contributed by atoms with Crippen molar-refractivity contribution in [1.29, 1.82) is 0 Å². The van der Waals surface area contributed by atoms with Crippen molar-refractivity contribution in [1.82, 2.24) is 15.3 Å². The molecule has 0 aromatic carbocycles. The zero-order chi connectivity index (χ0) is 11.9. The first-order chi connectivity index (χ1) is 8.38. The van der Waals surface area contributed by atoms with Crippen molar-refractivity contribution in [3.63, 3.8) is 0 Å². The largest absolute Gasteiger partial charge is 0.478 e. The Morgan fingerprint density at radius 3 is 3.29 bits per heavy atom. The number of rotatable bonds is 6. The molecule has 2 N–H and O–H groups in total. The lowest BCUT2D eigenvalue weighted by Gasteiger charge is -2.11. The molecule has 5 heteroatoms. The molecule has 1 aromatic rings. The predicted octanol–water partition coefficient (Wildman–Crippen LogP) is 1.43. The van der Waals surface area contributed by atoms with Crippen LogP contribution in [0.15, 0.2) is 12.3 Å². The van der Waals surface area contributed by atoms with E-state index in [2.05, 4.69) is 20.6 Å². The number of anilines is 1. The number of aromatic nitrogens is 2. The van der Waals surface area contributed by atoms with Gasteiger partial charge in [0, 0.05) is 24.8 Å². The van der Waals surface area contributed by atoms with Crippen molar-refractivity contribution < 1.29 is 4.74 Å². The minimum atomic E-state index is 0.627. The smallest absolute Gasteiger partial charge is 0.225 e. The molecule has 0 radical (unpaired) electrons. The van der Waals surface area contributed by atoms with Gasteiger partial charge in [-0.15, -0.1) is 0 Å². The van der Waals surface area contributed by atoms with E-state index in [1.165, 1.54) is 12.8 Å². The Morgan fingerprint density at radius 1 is 1.59 bits per heavy atom. The van der Waals surface area contributed by atoms with Crippen LogP contribution < -0.4 is 15.4 Å². The van der Waals surface area contributed by atoms with Crippen LogP contribution in [0, 0.1) is 0 Å². The molecule has 0 unspecified atom stereocenters. The van der Waals surface area contributed by atoms with Crippen LogP contribution in [0.25, 0.3) is 0 Å². The summed E-state index contributed by atoms with van der Waals surface area (Å²) in [6.07, 6.45) is 5.40. The lowest BCUT2D eigenvalue weighted by Crippen LogP contribution is -2.24. The van der Waals surface area contributed by atoms with Gasteiger partial charge in [-0.1, -0.05) is 0 Å². The van der Waals surface area contributed by atoms with Gasteiger partial charge in [0.25, 0.3) is 0 Å². The molecule has 1 aliphatic rings. The monoisotopic (exact) mass is 236 g/mol. The molecule has 2 rings (SSSR count). The Balaban J connectivity index is 1.75. The number of hydrogen-bond acceptors (Lipinski definition) is 5. The van der Waals surface area contributed by atoms with Gasteiger partial charge in [0.1, 0.15) is 0 Å². The van der Waals surface area contributed by atoms with E-state index in [9.17, 15) is 0 Å². The molecule has 1 saturated heterocycles. The number of nitrogens with zero attached hydrogens (tertiary/aromatic N) is 2. The summed E-state index contributed by atoms with van der Waals surface area (Å²) in [5.41, 5.74) is 0. The highest BCUT2D eigenvalue weighted by atomic mass is 16.5. The van der Waals surface area contributed by atoms with Gasteiger partial charge in [-0.2, -0.15) is 4.98 Å². The normalized spacial score (nSPS) is 19.2. The molecule has 0 bridgehead atoms. The molecule has 0 amide bonds. The average molecular weight is 236 g/mol. The summed E-state index contributed by atoms with van der Waals surface area (Å²) in [5, 5.41) is 6.70. The molecular weight excluding hydrogens is 216 g/mol. The third-order valence-electron chi connectivity index (χ3n) is 2.86. The van der Waals surface area contributed by atoms with Gasteiger partial charge in [-0.25, -0.2) is 4.98 Å². The molecule has 1 fully saturated rings. The minimum Gasteiger partial charge on any atom is -0.478 e. The third-order valence-corrected chi connectivity index (χ3v) is 2.86. The number of ether oxygens (including phenoxy) is 1. The standard InChI is InChI=1S/C12H20N4O/c1-2-17-11-6-9-15-12(16-11)14-8-5-10-4-3-7-13-10/h6,9-10,13H,2-5,7-8H2,1H3,(H,14,15,16)/t10-/m0/s1. The molecule has 0 saturated carbocycles. The average Bonchev–Trinajstić information content (AvgIpc) is 2.83. The van der Waals surface area contributed by atoms with Crippen LogP contribution in [0.1, 0.15) is 26.2 Å².